The van der Waals surface area contributed by atoms with Crippen molar-refractivity contribution in [2.45, 2.75) is 32.7 Å². The van der Waals surface area contributed by atoms with Crippen LogP contribution in [0.2, 0.25) is 0 Å². The van der Waals surface area contributed by atoms with Crippen LogP contribution in [0.15, 0.2) is 27.5 Å². The normalized spacial score (nSPS) is 11.2. The number of halogens is 1. The summed E-state index contributed by atoms with van der Waals surface area (Å²) in [6, 6.07) is 2.42. The number of rotatable bonds is 6. The number of pyridine rings is 1. The first-order valence-corrected chi connectivity index (χ1v) is 7.11. The Labute approximate surface area is 121 Å². The molecular weight excluding hydrogens is 308 g/mol. The predicted octanol–water partition coefficient (Wildman–Crippen LogP) is 2.82. The monoisotopic (exact) mass is 324 g/mol. The fraction of sp³-hybridized carbons (Fsp3) is 0.462. The molecule has 2 heterocycles. The molecule has 0 saturated carbocycles. The van der Waals surface area contributed by atoms with E-state index in [0.717, 1.165) is 29.4 Å². The molecule has 0 aromatic carbocycles. The molecule has 0 atom stereocenters. The molecule has 0 aliphatic rings. The van der Waals surface area contributed by atoms with Crippen LogP contribution in [-0.2, 0) is 6.42 Å². The number of hydrogen-bond donors (Lipinski definition) is 1. The standard InChI is InChI=1S/C13H17BrN4O/c1-9(2)16-5-3-4-12-17-13(18-19-12)10-6-11(14)8-15-7-10/h6-9,16H,3-5H2,1-2H3. The SMILES string of the molecule is CC(C)NCCCc1nc(-c2cncc(Br)c2)no1. The van der Waals surface area contributed by atoms with E-state index >= 15 is 0 Å². The van der Waals surface area contributed by atoms with Gasteiger partial charge in [-0.1, -0.05) is 19.0 Å². The second-order valence-corrected chi connectivity index (χ2v) is 5.53. The minimum absolute atomic E-state index is 0.506. The van der Waals surface area contributed by atoms with Crippen molar-refractivity contribution in [3.05, 3.63) is 28.8 Å². The lowest BCUT2D eigenvalue weighted by Gasteiger charge is -2.05. The number of aryl methyl sites for hydroxylation is 1. The second-order valence-electron chi connectivity index (χ2n) is 4.62. The molecule has 102 valence electrons. The van der Waals surface area contributed by atoms with Crippen molar-refractivity contribution >= 4 is 15.9 Å². The minimum Gasteiger partial charge on any atom is -0.339 e. The Kier molecular flexibility index (Phi) is 5.04. The van der Waals surface area contributed by atoms with Crippen LogP contribution < -0.4 is 5.32 Å². The molecule has 0 bridgehead atoms. The highest BCUT2D eigenvalue weighted by Crippen LogP contribution is 2.19. The smallest absolute Gasteiger partial charge is 0.227 e. The van der Waals surface area contributed by atoms with Gasteiger partial charge in [-0.05, 0) is 35.0 Å². The maximum absolute atomic E-state index is 5.23. The zero-order chi connectivity index (χ0) is 13.7. The van der Waals surface area contributed by atoms with E-state index in [-0.39, 0.29) is 0 Å². The van der Waals surface area contributed by atoms with Gasteiger partial charge >= 0.3 is 0 Å². The molecular formula is C13H17BrN4O. The molecule has 5 nitrogen and oxygen atoms in total. The molecule has 0 saturated heterocycles. The third-order valence-corrected chi connectivity index (χ3v) is 2.98. The van der Waals surface area contributed by atoms with Crippen LogP contribution in [0.4, 0.5) is 0 Å². The van der Waals surface area contributed by atoms with Crippen LogP contribution in [0.5, 0.6) is 0 Å². The lowest BCUT2D eigenvalue weighted by Crippen LogP contribution is -2.23. The van der Waals surface area contributed by atoms with Gasteiger partial charge in [-0.3, -0.25) is 4.98 Å². The fourth-order valence-corrected chi connectivity index (χ4v) is 2.00. The molecule has 19 heavy (non-hydrogen) atoms. The highest BCUT2D eigenvalue weighted by atomic mass is 79.9. The van der Waals surface area contributed by atoms with E-state index in [1.165, 1.54) is 0 Å². The van der Waals surface area contributed by atoms with Crippen LogP contribution in [0, 0.1) is 0 Å². The molecule has 2 aromatic heterocycles. The molecule has 0 spiro atoms. The quantitative estimate of drug-likeness (QED) is 0.828. The molecule has 2 rings (SSSR count). The summed E-state index contributed by atoms with van der Waals surface area (Å²) in [6.45, 7) is 5.21. The van der Waals surface area contributed by atoms with Gasteiger partial charge in [0.05, 0.1) is 0 Å². The van der Waals surface area contributed by atoms with Gasteiger partial charge in [0.1, 0.15) is 0 Å². The number of nitrogens with zero attached hydrogens (tertiary/aromatic N) is 3. The second kappa shape index (κ2) is 6.77. The van der Waals surface area contributed by atoms with E-state index in [2.05, 4.69) is 50.2 Å². The van der Waals surface area contributed by atoms with Gasteiger partial charge in [0.25, 0.3) is 0 Å². The van der Waals surface area contributed by atoms with Crippen LogP contribution in [-0.4, -0.2) is 27.7 Å². The van der Waals surface area contributed by atoms with E-state index in [1.807, 2.05) is 6.07 Å². The van der Waals surface area contributed by atoms with Gasteiger partial charge < -0.3 is 9.84 Å². The fourth-order valence-electron chi connectivity index (χ4n) is 1.64. The van der Waals surface area contributed by atoms with E-state index in [4.69, 9.17) is 4.52 Å². The number of aromatic nitrogens is 3. The van der Waals surface area contributed by atoms with Crippen LogP contribution in [0.1, 0.15) is 26.2 Å². The third kappa shape index (κ3) is 4.40. The topological polar surface area (TPSA) is 63.8 Å². The Balaban J connectivity index is 1.92. The molecule has 0 aliphatic heterocycles. The summed E-state index contributed by atoms with van der Waals surface area (Å²) >= 11 is 3.37. The molecule has 0 unspecified atom stereocenters. The van der Waals surface area contributed by atoms with E-state index in [1.54, 1.807) is 12.4 Å². The van der Waals surface area contributed by atoms with Gasteiger partial charge in [0.15, 0.2) is 0 Å². The summed E-state index contributed by atoms with van der Waals surface area (Å²) < 4.78 is 6.13. The summed E-state index contributed by atoms with van der Waals surface area (Å²) in [5.41, 5.74) is 0.852. The Hall–Kier alpha value is -1.27. The molecule has 2 aromatic rings. The predicted molar refractivity (Wildman–Crippen MR) is 76.7 cm³/mol. The first-order valence-electron chi connectivity index (χ1n) is 6.32. The largest absolute Gasteiger partial charge is 0.339 e. The van der Waals surface area contributed by atoms with E-state index < -0.39 is 0 Å². The van der Waals surface area contributed by atoms with Gasteiger partial charge in [-0.2, -0.15) is 4.98 Å². The maximum Gasteiger partial charge on any atom is 0.227 e. The number of nitrogens with one attached hydrogen (secondary N) is 1. The van der Waals surface area contributed by atoms with Crippen molar-refractivity contribution in [1.29, 1.82) is 0 Å². The van der Waals surface area contributed by atoms with Crippen molar-refractivity contribution in [1.82, 2.24) is 20.4 Å². The Bertz CT molecular complexity index is 527. The van der Waals surface area contributed by atoms with Crippen molar-refractivity contribution < 1.29 is 4.52 Å². The van der Waals surface area contributed by atoms with Crippen molar-refractivity contribution in [3.63, 3.8) is 0 Å². The van der Waals surface area contributed by atoms with E-state index in [9.17, 15) is 0 Å². The lowest BCUT2D eigenvalue weighted by molar-refractivity contribution is 0.374. The Morgan fingerprint density at radius 2 is 2.21 bits per heavy atom. The summed E-state index contributed by atoms with van der Waals surface area (Å²) in [6.07, 6.45) is 5.21. The molecule has 0 amide bonds. The third-order valence-electron chi connectivity index (χ3n) is 2.55. The van der Waals surface area contributed by atoms with Gasteiger partial charge in [-0.15, -0.1) is 0 Å². The summed E-state index contributed by atoms with van der Waals surface area (Å²) in [5.74, 6) is 1.25. The van der Waals surface area contributed by atoms with Gasteiger partial charge in [0.2, 0.25) is 11.7 Å². The van der Waals surface area contributed by atoms with Crippen LogP contribution in [0.25, 0.3) is 11.4 Å². The highest BCUT2D eigenvalue weighted by Gasteiger charge is 2.09. The van der Waals surface area contributed by atoms with Crippen molar-refractivity contribution in [2.75, 3.05) is 6.54 Å². The highest BCUT2D eigenvalue weighted by molar-refractivity contribution is 9.10. The lowest BCUT2D eigenvalue weighted by atomic mass is 10.2. The van der Waals surface area contributed by atoms with Crippen LogP contribution in [0.3, 0.4) is 0 Å². The average Bonchev–Trinajstić information content (AvgIpc) is 2.83. The Morgan fingerprint density at radius 3 is 2.95 bits per heavy atom. The minimum atomic E-state index is 0.506. The Morgan fingerprint density at radius 1 is 1.37 bits per heavy atom. The maximum atomic E-state index is 5.23. The summed E-state index contributed by atoms with van der Waals surface area (Å²) in [4.78, 5) is 8.46. The van der Waals surface area contributed by atoms with Crippen molar-refractivity contribution in [3.8, 4) is 11.4 Å². The zero-order valence-corrected chi connectivity index (χ0v) is 12.6. The summed E-state index contributed by atoms with van der Waals surface area (Å²) in [7, 11) is 0. The average molecular weight is 325 g/mol. The zero-order valence-electron chi connectivity index (χ0n) is 11.1. The first kappa shape index (κ1) is 14.1. The molecule has 0 fully saturated rings. The summed E-state index contributed by atoms with van der Waals surface area (Å²) in [5, 5.41) is 7.33. The van der Waals surface area contributed by atoms with Gasteiger partial charge in [0, 0.05) is 34.9 Å². The number of hydrogen-bond acceptors (Lipinski definition) is 5. The van der Waals surface area contributed by atoms with Crippen LogP contribution >= 0.6 is 15.9 Å². The molecule has 1 N–H and O–H groups in total. The first-order chi connectivity index (χ1) is 9.15. The molecule has 0 radical (unpaired) electrons. The van der Waals surface area contributed by atoms with Crippen molar-refractivity contribution in [2.24, 2.45) is 0 Å². The van der Waals surface area contributed by atoms with E-state index in [0.29, 0.717) is 17.8 Å². The molecule has 0 aliphatic carbocycles. The van der Waals surface area contributed by atoms with Gasteiger partial charge in [-0.25, -0.2) is 0 Å². The molecule has 6 heteroatoms.